The molecule has 0 radical (unpaired) electrons. The van der Waals surface area contributed by atoms with E-state index in [1.54, 1.807) is 0 Å². The molecule has 0 aliphatic rings. The standard InChI is InChI=1S/C40H69NO8S/c1-3-5-7-9-11-13-15-17-18-20-22-24-28-37(36(43)27-26-29-38(44)45)50-33-35(41)40(47)48-32-34(31-42)49-39(46)30-25-23-21-19-16-14-12-10-8-6-4-2/h11,13,17-18,20,22,24,28,34-37,42-43H,3-10,12,14-16,19,21,23,25-27,29-33,41H2,1-2H3,(H,44,45)/b13-11-,18-17-,22-20+,28-24+/t34-,35-,36-,37+/m0/s1. The Bertz CT molecular complexity index is 967. The maximum Gasteiger partial charge on any atom is 0.323 e. The van der Waals surface area contributed by atoms with Gasteiger partial charge in [-0.2, -0.15) is 0 Å². The van der Waals surface area contributed by atoms with Crippen LogP contribution < -0.4 is 5.73 Å². The number of allylic oxidation sites excluding steroid dienone is 7. The van der Waals surface area contributed by atoms with Gasteiger partial charge < -0.3 is 30.5 Å². The second kappa shape index (κ2) is 35.0. The first-order valence-electron chi connectivity index (χ1n) is 19.1. The lowest BCUT2D eigenvalue weighted by Gasteiger charge is -2.21. The number of rotatable bonds is 34. The van der Waals surface area contributed by atoms with E-state index in [9.17, 15) is 24.6 Å². The van der Waals surface area contributed by atoms with Gasteiger partial charge in [-0.25, -0.2) is 0 Å². The summed E-state index contributed by atoms with van der Waals surface area (Å²) in [7, 11) is 0. The summed E-state index contributed by atoms with van der Waals surface area (Å²) >= 11 is 1.27. The molecule has 0 rings (SSSR count). The van der Waals surface area contributed by atoms with E-state index in [2.05, 4.69) is 32.1 Å². The van der Waals surface area contributed by atoms with Crippen molar-refractivity contribution in [2.45, 2.75) is 166 Å². The van der Waals surface area contributed by atoms with E-state index in [4.69, 9.17) is 20.3 Å². The van der Waals surface area contributed by atoms with Crippen LogP contribution in [-0.2, 0) is 23.9 Å². The first-order chi connectivity index (χ1) is 24.2. The molecule has 0 saturated carbocycles. The van der Waals surface area contributed by atoms with Crippen molar-refractivity contribution in [2.75, 3.05) is 19.0 Å². The number of carboxylic acids is 1. The van der Waals surface area contributed by atoms with Crippen molar-refractivity contribution in [1.29, 1.82) is 0 Å². The number of esters is 2. The normalized spacial score (nSPS) is 14.5. The number of carboxylic acid groups (broad SMARTS) is 1. The van der Waals surface area contributed by atoms with Crippen LogP contribution in [0.25, 0.3) is 0 Å². The highest BCUT2D eigenvalue weighted by Crippen LogP contribution is 2.21. The summed E-state index contributed by atoms with van der Waals surface area (Å²) in [5.41, 5.74) is 6.08. The zero-order valence-electron chi connectivity index (χ0n) is 31.1. The Morgan fingerprint density at radius 1 is 0.760 bits per heavy atom. The second-order valence-electron chi connectivity index (χ2n) is 12.9. The third kappa shape index (κ3) is 30.4. The van der Waals surface area contributed by atoms with Crippen molar-refractivity contribution in [2.24, 2.45) is 5.73 Å². The quantitative estimate of drug-likeness (QED) is 0.0220. The van der Waals surface area contributed by atoms with Gasteiger partial charge in [0.1, 0.15) is 12.6 Å². The molecule has 0 fully saturated rings. The van der Waals surface area contributed by atoms with Crippen molar-refractivity contribution in [1.82, 2.24) is 0 Å². The molecule has 0 bridgehead atoms. The van der Waals surface area contributed by atoms with Crippen molar-refractivity contribution in [3.63, 3.8) is 0 Å². The number of carbonyl (C=O) groups excluding carboxylic acids is 2. The maximum absolute atomic E-state index is 12.6. The highest BCUT2D eigenvalue weighted by molar-refractivity contribution is 8.00. The molecule has 0 unspecified atom stereocenters. The lowest BCUT2D eigenvalue weighted by atomic mass is 10.1. The van der Waals surface area contributed by atoms with E-state index in [0.29, 0.717) is 6.42 Å². The highest BCUT2D eigenvalue weighted by Gasteiger charge is 2.23. The van der Waals surface area contributed by atoms with Gasteiger partial charge in [-0.15, -0.1) is 11.8 Å². The highest BCUT2D eigenvalue weighted by atomic mass is 32.2. The van der Waals surface area contributed by atoms with Crippen LogP contribution in [0.1, 0.15) is 142 Å². The van der Waals surface area contributed by atoms with Crippen molar-refractivity contribution < 1.29 is 39.2 Å². The number of hydrogen-bond donors (Lipinski definition) is 4. The minimum absolute atomic E-state index is 0.0440. The fraction of sp³-hybridized carbons (Fsp3) is 0.725. The van der Waals surface area contributed by atoms with E-state index in [1.165, 1.54) is 82.4 Å². The Morgan fingerprint density at radius 2 is 1.38 bits per heavy atom. The summed E-state index contributed by atoms with van der Waals surface area (Å²) in [6, 6.07) is -1.01. The topological polar surface area (TPSA) is 156 Å². The van der Waals surface area contributed by atoms with Gasteiger partial charge in [-0.1, -0.05) is 140 Å². The number of ether oxygens (including phenoxy) is 2. The molecule has 0 aliphatic carbocycles. The lowest BCUT2D eigenvalue weighted by Crippen LogP contribution is -2.38. The van der Waals surface area contributed by atoms with E-state index < -0.39 is 48.0 Å². The molecule has 50 heavy (non-hydrogen) atoms. The molecule has 10 heteroatoms. The van der Waals surface area contributed by atoms with Crippen LogP contribution in [0.5, 0.6) is 0 Å². The molecule has 0 amide bonds. The molecular formula is C40H69NO8S. The largest absolute Gasteiger partial charge is 0.481 e. The average molecular weight is 724 g/mol. The minimum Gasteiger partial charge on any atom is -0.481 e. The summed E-state index contributed by atoms with van der Waals surface area (Å²) in [4.78, 5) is 35.8. The van der Waals surface area contributed by atoms with Gasteiger partial charge in [0.25, 0.3) is 0 Å². The number of nitrogens with two attached hydrogens (primary N) is 1. The van der Waals surface area contributed by atoms with Gasteiger partial charge in [0.05, 0.1) is 12.7 Å². The Hall–Kier alpha value is -2.40. The van der Waals surface area contributed by atoms with E-state index in [-0.39, 0.29) is 31.6 Å². The Morgan fingerprint density at radius 3 is 2.02 bits per heavy atom. The zero-order valence-corrected chi connectivity index (χ0v) is 31.9. The molecule has 288 valence electrons. The summed E-state index contributed by atoms with van der Waals surface area (Å²) in [5.74, 6) is -1.92. The zero-order chi connectivity index (χ0) is 37.1. The van der Waals surface area contributed by atoms with Gasteiger partial charge in [0.2, 0.25) is 0 Å². The monoisotopic (exact) mass is 723 g/mol. The molecule has 0 spiro atoms. The van der Waals surface area contributed by atoms with E-state index in [0.717, 1.165) is 32.1 Å². The second-order valence-corrected chi connectivity index (χ2v) is 14.1. The maximum atomic E-state index is 12.6. The fourth-order valence-corrected chi connectivity index (χ4v) is 6.18. The molecule has 0 saturated heterocycles. The molecular weight excluding hydrogens is 655 g/mol. The average Bonchev–Trinajstić information content (AvgIpc) is 3.10. The predicted octanol–water partition coefficient (Wildman–Crippen LogP) is 8.37. The predicted molar refractivity (Wildman–Crippen MR) is 206 cm³/mol. The minimum atomic E-state index is -1.01. The first kappa shape index (κ1) is 47.6. The van der Waals surface area contributed by atoms with Crippen LogP contribution in [0.15, 0.2) is 48.6 Å². The van der Waals surface area contributed by atoms with Gasteiger partial charge >= 0.3 is 17.9 Å². The third-order valence-electron chi connectivity index (χ3n) is 8.12. The van der Waals surface area contributed by atoms with Crippen LogP contribution >= 0.6 is 11.8 Å². The Kier molecular flexibility index (Phi) is 33.3. The SMILES string of the molecule is CCCCC/C=C\C\C=C/C=C/C=C/[C@@H](SC[C@H](N)C(=O)OC[C@H](CO)OC(=O)CCCCCCCCCCCCC)[C@@H](O)CCCC(=O)O. The van der Waals surface area contributed by atoms with Crippen molar-refractivity contribution in [3.05, 3.63) is 48.6 Å². The molecule has 0 aliphatic heterocycles. The van der Waals surface area contributed by atoms with Crippen LogP contribution in [0, 0.1) is 0 Å². The molecule has 0 aromatic carbocycles. The number of thioether (sulfide) groups is 1. The van der Waals surface area contributed by atoms with Crippen LogP contribution in [0.2, 0.25) is 0 Å². The molecule has 0 heterocycles. The fourth-order valence-electron chi connectivity index (χ4n) is 5.05. The number of aliphatic hydroxyl groups excluding tert-OH is 2. The van der Waals surface area contributed by atoms with Crippen molar-refractivity contribution >= 4 is 29.7 Å². The first-order valence-corrected chi connectivity index (χ1v) is 20.2. The summed E-state index contributed by atoms with van der Waals surface area (Å²) in [6.07, 6.45) is 33.3. The number of unbranched alkanes of at least 4 members (excludes halogenated alkanes) is 13. The summed E-state index contributed by atoms with van der Waals surface area (Å²) in [5, 5.41) is 28.9. The number of hydrogen-bond acceptors (Lipinski definition) is 9. The Balaban J connectivity index is 4.61. The van der Waals surface area contributed by atoms with Gasteiger partial charge in [-0.05, 0) is 38.5 Å². The lowest BCUT2D eigenvalue weighted by molar-refractivity contribution is -0.161. The van der Waals surface area contributed by atoms with E-state index >= 15 is 0 Å². The van der Waals surface area contributed by atoms with Gasteiger partial charge in [-0.3, -0.25) is 14.4 Å². The molecule has 0 aromatic rings. The smallest absolute Gasteiger partial charge is 0.323 e. The van der Waals surface area contributed by atoms with Crippen LogP contribution in [0.4, 0.5) is 0 Å². The summed E-state index contributed by atoms with van der Waals surface area (Å²) in [6.45, 7) is 3.64. The summed E-state index contributed by atoms with van der Waals surface area (Å²) < 4.78 is 10.6. The van der Waals surface area contributed by atoms with Gasteiger partial charge in [0, 0.05) is 23.8 Å². The molecule has 0 aromatic heterocycles. The number of aliphatic carboxylic acids is 1. The molecule has 4 atom stereocenters. The van der Waals surface area contributed by atoms with E-state index in [1.807, 2.05) is 30.4 Å². The molecule has 5 N–H and O–H groups in total. The van der Waals surface area contributed by atoms with Crippen LogP contribution in [-0.4, -0.2) is 75.7 Å². The third-order valence-corrected chi connectivity index (χ3v) is 9.53. The number of aliphatic hydroxyl groups is 2. The van der Waals surface area contributed by atoms with Crippen molar-refractivity contribution in [3.8, 4) is 0 Å². The molecule has 9 nitrogen and oxygen atoms in total. The van der Waals surface area contributed by atoms with Gasteiger partial charge in [0.15, 0.2) is 6.10 Å². The van der Waals surface area contributed by atoms with Crippen LogP contribution in [0.3, 0.4) is 0 Å². The number of carbonyl (C=O) groups is 3. The Labute approximate surface area is 307 Å².